The van der Waals surface area contributed by atoms with Gasteiger partial charge in [0, 0.05) is 25.8 Å². The molecule has 0 radical (unpaired) electrons. The summed E-state index contributed by atoms with van der Waals surface area (Å²) in [5.41, 5.74) is 1.19. The quantitative estimate of drug-likeness (QED) is 0.726. The minimum absolute atomic E-state index is 0.262. The van der Waals surface area contributed by atoms with E-state index < -0.39 is 5.97 Å². The van der Waals surface area contributed by atoms with Gasteiger partial charge < -0.3 is 5.11 Å². The molecule has 0 saturated heterocycles. The highest BCUT2D eigenvalue weighted by Crippen LogP contribution is 2.34. The van der Waals surface area contributed by atoms with Crippen LogP contribution in [0.4, 0.5) is 0 Å². The molecule has 3 nitrogen and oxygen atoms in total. The number of carbonyl (C=O) groups is 1. The molecule has 3 rings (SSSR count). The minimum Gasteiger partial charge on any atom is -0.478 e. The molecule has 0 saturated carbocycles. The van der Waals surface area contributed by atoms with Gasteiger partial charge in [0.2, 0.25) is 0 Å². The van der Waals surface area contributed by atoms with Crippen molar-refractivity contribution < 1.29 is 9.90 Å². The van der Waals surface area contributed by atoms with Crippen LogP contribution in [0.2, 0.25) is 0 Å². The van der Waals surface area contributed by atoms with Crippen molar-refractivity contribution in [3.05, 3.63) is 64.8 Å². The Bertz CT molecular complexity index is 830. The Hall–Kier alpha value is -1.85. The number of halogens is 1. The lowest BCUT2D eigenvalue weighted by Gasteiger charge is -2.07. The Labute approximate surface area is 134 Å². The molecule has 1 aromatic heterocycles. The third kappa shape index (κ3) is 2.94. The first-order valence-corrected chi connectivity index (χ1v) is 7.80. The van der Waals surface area contributed by atoms with Crippen molar-refractivity contribution in [2.75, 3.05) is 0 Å². The molecule has 2 aromatic carbocycles. The lowest BCUT2D eigenvalue weighted by molar-refractivity contribution is 0.0695. The van der Waals surface area contributed by atoms with Crippen LogP contribution in [-0.4, -0.2) is 16.1 Å². The summed E-state index contributed by atoms with van der Waals surface area (Å²) in [5.74, 6) is -0.941. The first kappa shape index (κ1) is 14.1. The van der Waals surface area contributed by atoms with Crippen molar-refractivity contribution in [1.82, 2.24) is 4.98 Å². The summed E-state index contributed by atoms with van der Waals surface area (Å²) >= 11 is 4.79. The Morgan fingerprint density at radius 3 is 2.76 bits per heavy atom. The number of hydrogen-bond donors (Lipinski definition) is 1. The van der Waals surface area contributed by atoms with Crippen LogP contribution in [0, 0.1) is 0 Å². The van der Waals surface area contributed by atoms with Gasteiger partial charge in [-0.05, 0) is 46.3 Å². The zero-order valence-corrected chi connectivity index (χ0v) is 13.2. The van der Waals surface area contributed by atoms with Gasteiger partial charge in [-0.15, -0.1) is 0 Å². The fraction of sp³-hybridized carbons (Fsp3) is 0. The van der Waals surface area contributed by atoms with Crippen LogP contribution < -0.4 is 0 Å². The number of nitrogens with zero attached hydrogens (tertiary/aromatic N) is 1. The van der Waals surface area contributed by atoms with Crippen LogP contribution >= 0.6 is 27.7 Å². The summed E-state index contributed by atoms with van der Waals surface area (Å²) in [6.07, 6.45) is 1.77. The zero-order chi connectivity index (χ0) is 14.8. The third-order valence-corrected chi connectivity index (χ3v) is 4.76. The predicted molar refractivity (Wildman–Crippen MR) is 87.0 cm³/mol. The summed E-state index contributed by atoms with van der Waals surface area (Å²) in [5, 5.41) is 10.2. The van der Waals surface area contributed by atoms with Gasteiger partial charge in [0.1, 0.15) is 0 Å². The molecule has 0 aliphatic carbocycles. The van der Waals surface area contributed by atoms with Crippen molar-refractivity contribution in [2.45, 2.75) is 9.79 Å². The second-order valence-corrected chi connectivity index (χ2v) is 6.34. The van der Waals surface area contributed by atoms with Crippen LogP contribution in [0.5, 0.6) is 0 Å². The number of para-hydroxylation sites is 1. The predicted octanol–water partition coefficient (Wildman–Crippen LogP) is 4.85. The number of aromatic carboxylic acids is 1. The molecule has 0 aliphatic rings. The molecule has 0 unspecified atom stereocenters. The number of pyridine rings is 1. The van der Waals surface area contributed by atoms with E-state index in [4.69, 9.17) is 0 Å². The van der Waals surface area contributed by atoms with E-state index in [1.165, 1.54) is 11.8 Å². The van der Waals surface area contributed by atoms with Gasteiger partial charge in [-0.25, -0.2) is 4.79 Å². The first-order chi connectivity index (χ1) is 10.1. The van der Waals surface area contributed by atoms with Crippen LogP contribution in [0.15, 0.2) is 69.0 Å². The SMILES string of the molecule is O=C(O)c1cc(Sc2ccnc3ccccc23)ccc1Br. The summed E-state index contributed by atoms with van der Waals surface area (Å²) in [7, 11) is 0. The van der Waals surface area contributed by atoms with E-state index in [-0.39, 0.29) is 5.56 Å². The molecule has 0 spiro atoms. The standard InChI is InChI=1S/C16H10BrNO2S/c17-13-6-5-10(9-12(13)16(19)20)21-15-7-8-18-14-4-2-1-3-11(14)15/h1-9H,(H,19,20). The third-order valence-electron chi connectivity index (χ3n) is 3.01. The molecule has 21 heavy (non-hydrogen) atoms. The summed E-state index contributed by atoms with van der Waals surface area (Å²) < 4.78 is 0.582. The van der Waals surface area contributed by atoms with E-state index >= 15 is 0 Å². The van der Waals surface area contributed by atoms with Crippen molar-refractivity contribution in [3.63, 3.8) is 0 Å². The lowest BCUT2D eigenvalue weighted by Crippen LogP contribution is -1.97. The smallest absolute Gasteiger partial charge is 0.336 e. The first-order valence-electron chi connectivity index (χ1n) is 6.19. The zero-order valence-electron chi connectivity index (χ0n) is 10.8. The number of benzene rings is 2. The second-order valence-electron chi connectivity index (χ2n) is 4.38. The fourth-order valence-corrected chi connectivity index (χ4v) is 3.41. The largest absolute Gasteiger partial charge is 0.478 e. The summed E-state index contributed by atoms with van der Waals surface area (Å²) in [6, 6.07) is 15.2. The number of hydrogen-bond acceptors (Lipinski definition) is 3. The highest BCUT2D eigenvalue weighted by molar-refractivity contribution is 9.10. The van der Waals surface area contributed by atoms with Crippen molar-refractivity contribution in [1.29, 1.82) is 0 Å². The van der Waals surface area contributed by atoms with E-state index in [2.05, 4.69) is 20.9 Å². The number of aromatic nitrogens is 1. The van der Waals surface area contributed by atoms with Crippen molar-refractivity contribution in [3.8, 4) is 0 Å². The van der Waals surface area contributed by atoms with Crippen LogP contribution in [-0.2, 0) is 0 Å². The van der Waals surface area contributed by atoms with E-state index in [1.54, 1.807) is 18.3 Å². The molecule has 0 fully saturated rings. The van der Waals surface area contributed by atoms with Gasteiger partial charge in [-0.2, -0.15) is 0 Å². The Kier molecular flexibility index (Phi) is 3.94. The van der Waals surface area contributed by atoms with Gasteiger partial charge in [-0.3, -0.25) is 4.98 Å². The molecule has 0 atom stereocenters. The average molecular weight is 360 g/mol. The molecule has 0 bridgehead atoms. The normalized spacial score (nSPS) is 10.7. The molecular weight excluding hydrogens is 350 g/mol. The van der Waals surface area contributed by atoms with Gasteiger partial charge in [0.25, 0.3) is 0 Å². The fourth-order valence-electron chi connectivity index (χ4n) is 2.02. The number of rotatable bonds is 3. The number of carboxylic acids is 1. The van der Waals surface area contributed by atoms with Gasteiger partial charge in [0.05, 0.1) is 11.1 Å². The Morgan fingerprint density at radius 2 is 1.95 bits per heavy atom. The van der Waals surface area contributed by atoms with E-state index in [0.717, 1.165) is 20.7 Å². The highest BCUT2D eigenvalue weighted by Gasteiger charge is 2.10. The summed E-state index contributed by atoms with van der Waals surface area (Å²) in [4.78, 5) is 17.5. The highest BCUT2D eigenvalue weighted by atomic mass is 79.9. The van der Waals surface area contributed by atoms with Crippen LogP contribution in [0.25, 0.3) is 10.9 Å². The number of fused-ring (bicyclic) bond motifs is 1. The molecular formula is C16H10BrNO2S. The molecule has 5 heteroatoms. The minimum atomic E-state index is -0.941. The molecule has 1 heterocycles. The van der Waals surface area contributed by atoms with Crippen molar-refractivity contribution >= 4 is 44.6 Å². The second kappa shape index (κ2) is 5.87. The Balaban J connectivity index is 2.03. The van der Waals surface area contributed by atoms with E-state index in [1.807, 2.05) is 36.4 Å². The summed E-state index contributed by atoms with van der Waals surface area (Å²) in [6.45, 7) is 0. The van der Waals surface area contributed by atoms with Gasteiger partial charge in [0.15, 0.2) is 0 Å². The monoisotopic (exact) mass is 359 g/mol. The molecule has 0 amide bonds. The Morgan fingerprint density at radius 1 is 1.14 bits per heavy atom. The molecule has 0 aliphatic heterocycles. The molecule has 3 aromatic rings. The van der Waals surface area contributed by atoms with Crippen molar-refractivity contribution in [2.24, 2.45) is 0 Å². The van der Waals surface area contributed by atoms with E-state index in [9.17, 15) is 9.90 Å². The topological polar surface area (TPSA) is 50.2 Å². The van der Waals surface area contributed by atoms with Crippen LogP contribution in [0.3, 0.4) is 0 Å². The number of carboxylic acid groups (broad SMARTS) is 1. The van der Waals surface area contributed by atoms with Gasteiger partial charge >= 0.3 is 5.97 Å². The maximum absolute atomic E-state index is 11.2. The molecule has 1 N–H and O–H groups in total. The lowest BCUT2D eigenvalue weighted by atomic mass is 10.2. The maximum Gasteiger partial charge on any atom is 0.336 e. The average Bonchev–Trinajstić information content (AvgIpc) is 2.49. The van der Waals surface area contributed by atoms with E-state index in [0.29, 0.717) is 4.47 Å². The van der Waals surface area contributed by atoms with Gasteiger partial charge in [-0.1, -0.05) is 30.0 Å². The maximum atomic E-state index is 11.2. The van der Waals surface area contributed by atoms with Crippen LogP contribution in [0.1, 0.15) is 10.4 Å². The molecule has 104 valence electrons.